The third-order valence-corrected chi connectivity index (χ3v) is 8.65. The van der Waals surface area contributed by atoms with Gasteiger partial charge in [-0.3, -0.25) is 14.5 Å². The van der Waals surface area contributed by atoms with Gasteiger partial charge in [-0.2, -0.15) is 0 Å². The summed E-state index contributed by atoms with van der Waals surface area (Å²) >= 11 is 6.23. The van der Waals surface area contributed by atoms with E-state index in [0.29, 0.717) is 36.8 Å². The first-order valence-electron chi connectivity index (χ1n) is 12.0. The average molecular weight is 548 g/mol. The largest absolute Gasteiger partial charge is 0.507 e. The molecule has 11 heteroatoms. The molecule has 198 valence electrons. The van der Waals surface area contributed by atoms with Gasteiger partial charge in [0.15, 0.2) is 0 Å². The van der Waals surface area contributed by atoms with Crippen LogP contribution in [0.25, 0.3) is 5.76 Å². The molecule has 2 heterocycles. The summed E-state index contributed by atoms with van der Waals surface area (Å²) in [6.07, 6.45) is 0.640. The zero-order valence-electron chi connectivity index (χ0n) is 20.8. The number of nitrogens with zero attached hydrogens (tertiary/aromatic N) is 3. The number of halogens is 1. The lowest BCUT2D eigenvalue weighted by Crippen LogP contribution is -2.38. The minimum Gasteiger partial charge on any atom is -0.507 e. The van der Waals surface area contributed by atoms with E-state index in [-0.39, 0.29) is 21.8 Å². The summed E-state index contributed by atoms with van der Waals surface area (Å²) in [7, 11) is -0.814. The Morgan fingerprint density at radius 1 is 1.08 bits per heavy atom. The fourth-order valence-electron chi connectivity index (χ4n) is 4.57. The second kappa shape index (κ2) is 11.3. The highest BCUT2D eigenvalue weighted by atomic mass is 35.5. The van der Waals surface area contributed by atoms with Gasteiger partial charge in [0.25, 0.3) is 11.7 Å². The molecule has 1 N–H and O–H groups in total. The molecule has 4 rings (SSSR count). The van der Waals surface area contributed by atoms with E-state index in [1.807, 2.05) is 0 Å². The topological polar surface area (TPSA) is 107 Å². The van der Waals surface area contributed by atoms with Gasteiger partial charge in [-0.1, -0.05) is 23.7 Å². The van der Waals surface area contributed by atoms with Crippen LogP contribution in [0.2, 0.25) is 5.02 Å². The van der Waals surface area contributed by atoms with Gasteiger partial charge in [-0.25, -0.2) is 12.7 Å². The predicted molar refractivity (Wildman–Crippen MR) is 140 cm³/mol. The van der Waals surface area contributed by atoms with E-state index in [1.165, 1.54) is 43.3 Å². The molecule has 1 unspecified atom stereocenters. The molecule has 9 nitrogen and oxygen atoms in total. The fraction of sp³-hybridized carbons (Fsp3) is 0.385. The second-order valence-corrected chi connectivity index (χ2v) is 11.8. The van der Waals surface area contributed by atoms with Crippen molar-refractivity contribution in [3.8, 4) is 0 Å². The molecular weight excluding hydrogens is 518 g/mol. The number of Topliss-reactive ketones (excluding diaryl/α,β-unsaturated/α-hetero) is 1. The van der Waals surface area contributed by atoms with Crippen molar-refractivity contribution < 1.29 is 27.9 Å². The van der Waals surface area contributed by atoms with Crippen molar-refractivity contribution in [2.24, 2.45) is 0 Å². The number of carbonyl (C=O) groups is 2. The normalized spacial score (nSPS) is 20.6. The van der Waals surface area contributed by atoms with Crippen molar-refractivity contribution in [3.05, 3.63) is 70.3 Å². The summed E-state index contributed by atoms with van der Waals surface area (Å²) < 4.78 is 31.3. The maximum Gasteiger partial charge on any atom is 0.295 e. The molecule has 37 heavy (non-hydrogen) atoms. The first-order chi connectivity index (χ1) is 17.6. The first kappa shape index (κ1) is 27.3. The maximum absolute atomic E-state index is 13.2. The molecule has 2 saturated heterocycles. The highest BCUT2D eigenvalue weighted by Crippen LogP contribution is 2.40. The third-order valence-electron chi connectivity index (χ3n) is 6.59. The summed E-state index contributed by atoms with van der Waals surface area (Å²) in [6, 6.07) is 11.6. The highest BCUT2D eigenvalue weighted by molar-refractivity contribution is 7.89. The minimum atomic E-state index is -3.67. The fourth-order valence-corrected chi connectivity index (χ4v) is 5.67. The van der Waals surface area contributed by atoms with E-state index >= 15 is 0 Å². The number of benzene rings is 2. The Morgan fingerprint density at radius 3 is 2.38 bits per heavy atom. The van der Waals surface area contributed by atoms with E-state index < -0.39 is 27.8 Å². The van der Waals surface area contributed by atoms with Crippen LogP contribution in [-0.2, 0) is 24.3 Å². The van der Waals surface area contributed by atoms with Gasteiger partial charge < -0.3 is 14.7 Å². The number of hydrogen-bond acceptors (Lipinski definition) is 7. The number of rotatable bonds is 8. The van der Waals surface area contributed by atoms with Crippen molar-refractivity contribution in [1.82, 2.24) is 14.1 Å². The van der Waals surface area contributed by atoms with Gasteiger partial charge in [0.1, 0.15) is 5.76 Å². The molecule has 0 spiro atoms. The summed E-state index contributed by atoms with van der Waals surface area (Å²) in [6.45, 7) is 4.03. The van der Waals surface area contributed by atoms with E-state index in [2.05, 4.69) is 4.90 Å². The number of amides is 1. The first-order valence-corrected chi connectivity index (χ1v) is 13.8. The van der Waals surface area contributed by atoms with Crippen LogP contribution in [-0.4, -0.2) is 92.8 Å². The molecule has 0 bridgehead atoms. The number of aliphatic hydroxyl groups excluding tert-OH is 1. The van der Waals surface area contributed by atoms with Gasteiger partial charge in [-0.05, 0) is 48.4 Å². The van der Waals surface area contributed by atoms with Crippen molar-refractivity contribution >= 4 is 39.1 Å². The van der Waals surface area contributed by atoms with Crippen LogP contribution >= 0.6 is 11.6 Å². The lowest BCUT2D eigenvalue weighted by Gasteiger charge is -2.29. The minimum absolute atomic E-state index is 0.0454. The Kier molecular flexibility index (Phi) is 8.35. The lowest BCUT2D eigenvalue weighted by atomic mass is 9.95. The molecule has 1 atom stereocenters. The summed E-state index contributed by atoms with van der Waals surface area (Å²) in [5, 5.41) is 11.7. The highest BCUT2D eigenvalue weighted by Gasteiger charge is 2.45. The molecule has 2 fully saturated rings. The van der Waals surface area contributed by atoms with E-state index in [1.54, 1.807) is 24.3 Å². The SMILES string of the molecule is CN(C)S(=O)(=O)c1ccc(C(O)=C2C(=O)C(=O)N(CCCN3CCOCC3)C2c2cccc(Cl)c2)cc1. The second-order valence-electron chi connectivity index (χ2n) is 9.17. The van der Waals surface area contributed by atoms with Crippen LogP contribution in [0.15, 0.2) is 59.0 Å². The van der Waals surface area contributed by atoms with Gasteiger partial charge >= 0.3 is 0 Å². The summed E-state index contributed by atoms with van der Waals surface area (Å²) in [5.41, 5.74) is 0.782. The molecule has 0 aliphatic carbocycles. The molecule has 1 amide bonds. The van der Waals surface area contributed by atoms with Gasteiger partial charge in [0.2, 0.25) is 10.0 Å². The molecule has 2 aliphatic rings. The Hall–Kier alpha value is -2.76. The number of likely N-dealkylation sites (tertiary alicyclic amines) is 1. The van der Waals surface area contributed by atoms with Crippen LogP contribution in [0, 0.1) is 0 Å². The monoisotopic (exact) mass is 547 g/mol. The van der Waals surface area contributed by atoms with Crippen molar-refractivity contribution in [1.29, 1.82) is 0 Å². The van der Waals surface area contributed by atoms with E-state index in [0.717, 1.165) is 23.9 Å². The molecule has 2 aromatic rings. The molecule has 2 aliphatic heterocycles. The predicted octanol–water partition coefficient (Wildman–Crippen LogP) is 2.73. The number of ketones is 1. The van der Waals surface area contributed by atoms with Gasteiger partial charge in [-0.15, -0.1) is 0 Å². The third kappa shape index (κ3) is 5.73. The molecule has 0 aromatic heterocycles. The number of ether oxygens (including phenoxy) is 1. The zero-order valence-corrected chi connectivity index (χ0v) is 22.3. The standard InChI is InChI=1S/C26H30ClN3O6S/c1-28(2)37(34,35)21-9-7-18(8-10-21)24(31)22-23(19-5-3-6-20(27)17-19)30(26(33)25(22)32)12-4-11-29-13-15-36-16-14-29/h3,5-10,17,23,31H,4,11-16H2,1-2H3. The number of carbonyl (C=O) groups excluding carboxylic acids is 2. The summed E-state index contributed by atoms with van der Waals surface area (Å²) in [5.74, 6) is -1.85. The summed E-state index contributed by atoms with van der Waals surface area (Å²) in [4.78, 5) is 30.1. The smallest absolute Gasteiger partial charge is 0.295 e. The number of sulfonamides is 1. The van der Waals surface area contributed by atoms with Crippen LogP contribution in [0.4, 0.5) is 0 Å². The van der Waals surface area contributed by atoms with Crippen molar-refractivity contribution in [2.45, 2.75) is 17.4 Å². The quantitative estimate of drug-likeness (QED) is 0.307. The molecular formula is C26H30ClN3O6S. The number of aliphatic hydroxyl groups is 1. The van der Waals surface area contributed by atoms with Gasteiger partial charge in [0, 0.05) is 50.9 Å². The molecule has 2 aromatic carbocycles. The lowest BCUT2D eigenvalue weighted by molar-refractivity contribution is -0.140. The van der Waals surface area contributed by atoms with E-state index in [4.69, 9.17) is 16.3 Å². The average Bonchev–Trinajstić information content (AvgIpc) is 3.14. The Balaban J connectivity index is 1.68. The van der Waals surface area contributed by atoms with Crippen LogP contribution < -0.4 is 0 Å². The van der Waals surface area contributed by atoms with Crippen LogP contribution in [0.1, 0.15) is 23.6 Å². The van der Waals surface area contributed by atoms with Gasteiger partial charge in [0.05, 0.1) is 29.7 Å². The zero-order chi connectivity index (χ0) is 26.7. The molecule has 0 radical (unpaired) electrons. The number of morpholine rings is 1. The van der Waals surface area contributed by atoms with Crippen LogP contribution in [0.3, 0.4) is 0 Å². The maximum atomic E-state index is 13.2. The van der Waals surface area contributed by atoms with Crippen LogP contribution in [0.5, 0.6) is 0 Å². The molecule has 0 saturated carbocycles. The van der Waals surface area contributed by atoms with Crippen molar-refractivity contribution in [3.63, 3.8) is 0 Å². The van der Waals surface area contributed by atoms with E-state index in [9.17, 15) is 23.1 Å². The number of hydrogen-bond donors (Lipinski definition) is 1. The Labute approximate surface area is 221 Å². The Bertz CT molecular complexity index is 1300. The van der Waals surface area contributed by atoms with Crippen molar-refractivity contribution in [2.75, 3.05) is 53.5 Å². The Morgan fingerprint density at radius 2 is 1.76 bits per heavy atom.